The molecule has 1 N–H and O–H groups in total. The molecule has 1 atom stereocenters. The third-order valence-corrected chi connectivity index (χ3v) is 7.24. The minimum Gasteiger partial charge on any atom is -0.324 e. The Kier molecular flexibility index (Phi) is 7.10. The van der Waals surface area contributed by atoms with Crippen LogP contribution in [0.25, 0.3) is 0 Å². The molecule has 0 unspecified atom stereocenters. The maximum atomic E-state index is 12.7. The Bertz CT molecular complexity index is 903. The summed E-state index contributed by atoms with van der Waals surface area (Å²) >= 11 is 6.10. The first-order chi connectivity index (χ1) is 13.5. The van der Waals surface area contributed by atoms with Gasteiger partial charge in [-0.25, -0.2) is 12.7 Å². The Balaban J connectivity index is 1.55. The predicted molar refractivity (Wildman–Crippen MR) is 113 cm³/mol. The van der Waals surface area contributed by atoms with Crippen LogP contribution in [-0.4, -0.2) is 37.5 Å². The quantitative estimate of drug-likeness (QED) is 0.737. The van der Waals surface area contributed by atoms with Crippen molar-refractivity contribution >= 4 is 33.2 Å². The van der Waals surface area contributed by atoms with Gasteiger partial charge in [-0.2, -0.15) is 0 Å². The van der Waals surface area contributed by atoms with Crippen LogP contribution >= 0.6 is 11.6 Å². The van der Waals surface area contributed by atoms with Crippen LogP contribution < -0.4 is 5.32 Å². The van der Waals surface area contributed by atoms with Gasteiger partial charge in [0.2, 0.25) is 15.9 Å². The number of amides is 1. The van der Waals surface area contributed by atoms with Gasteiger partial charge in [-0.3, -0.25) is 4.79 Å². The standard InChI is InChI=1S/C21H25ClN2O3S/c22-19-12-4-5-13-20(19)23-21(25)18-11-6-14-24(16-18)28(26,27)15-7-10-17-8-2-1-3-9-17/h1-5,8-9,12-13,18H,6-7,10-11,14-16H2,(H,23,25)/t18-/m1/s1. The summed E-state index contributed by atoms with van der Waals surface area (Å²) in [5, 5.41) is 3.29. The van der Waals surface area contributed by atoms with Crippen molar-refractivity contribution in [2.24, 2.45) is 5.92 Å². The number of anilines is 1. The third-order valence-electron chi connectivity index (χ3n) is 4.99. The zero-order chi connectivity index (χ0) is 20.0. The molecule has 2 aromatic rings. The fourth-order valence-electron chi connectivity index (χ4n) is 3.44. The van der Waals surface area contributed by atoms with Crippen molar-refractivity contribution in [3.8, 4) is 0 Å². The van der Waals surface area contributed by atoms with E-state index in [1.165, 1.54) is 4.31 Å². The van der Waals surface area contributed by atoms with E-state index in [1.54, 1.807) is 24.3 Å². The Hall–Kier alpha value is -1.89. The molecule has 1 heterocycles. The molecule has 2 aromatic carbocycles. The lowest BCUT2D eigenvalue weighted by atomic mass is 9.99. The normalized spacial score (nSPS) is 18.0. The number of hydrogen-bond donors (Lipinski definition) is 1. The molecule has 0 aromatic heterocycles. The number of nitrogens with one attached hydrogen (secondary N) is 1. The van der Waals surface area contributed by atoms with Gasteiger partial charge in [0, 0.05) is 13.1 Å². The zero-order valence-electron chi connectivity index (χ0n) is 15.7. The van der Waals surface area contributed by atoms with Gasteiger partial charge in [-0.05, 0) is 43.4 Å². The van der Waals surface area contributed by atoms with Crippen LogP contribution in [0.3, 0.4) is 0 Å². The molecule has 0 saturated carbocycles. The van der Waals surface area contributed by atoms with Crippen molar-refractivity contribution in [2.45, 2.75) is 25.7 Å². The van der Waals surface area contributed by atoms with Crippen molar-refractivity contribution in [1.82, 2.24) is 4.31 Å². The number of benzene rings is 2. The highest BCUT2D eigenvalue weighted by atomic mass is 35.5. The summed E-state index contributed by atoms with van der Waals surface area (Å²) in [6.07, 6.45) is 2.65. The van der Waals surface area contributed by atoms with Crippen LogP contribution in [0.1, 0.15) is 24.8 Å². The molecule has 0 bridgehead atoms. The molecular formula is C21H25ClN2O3S. The molecule has 28 heavy (non-hydrogen) atoms. The Morgan fingerprint density at radius 1 is 1.11 bits per heavy atom. The average molecular weight is 421 g/mol. The first-order valence-electron chi connectivity index (χ1n) is 9.53. The van der Waals surface area contributed by atoms with Gasteiger partial charge in [0.05, 0.1) is 22.4 Å². The van der Waals surface area contributed by atoms with Gasteiger partial charge in [0.1, 0.15) is 0 Å². The number of nitrogens with zero attached hydrogens (tertiary/aromatic N) is 1. The number of carbonyl (C=O) groups excluding carboxylic acids is 1. The van der Waals surface area contributed by atoms with E-state index in [0.717, 1.165) is 12.0 Å². The lowest BCUT2D eigenvalue weighted by Gasteiger charge is -2.31. The van der Waals surface area contributed by atoms with Crippen LogP contribution in [0.4, 0.5) is 5.69 Å². The van der Waals surface area contributed by atoms with Crippen molar-refractivity contribution < 1.29 is 13.2 Å². The Morgan fingerprint density at radius 2 is 1.82 bits per heavy atom. The number of hydrogen-bond acceptors (Lipinski definition) is 3. The monoisotopic (exact) mass is 420 g/mol. The second-order valence-corrected chi connectivity index (χ2v) is 9.57. The van der Waals surface area contributed by atoms with E-state index < -0.39 is 10.0 Å². The van der Waals surface area contributed by atoms with Gasteiger partial charge in [-0.15, -0.1) is 0 Å². The van der Waals surface area contributed by atoms with Gasteiger partial charge in [-0.1, -0.05) is 54.1 Å². The fourth-order valence-corrected chi connectivity index (χ4v) is 5.20. The molecule has 1 aliphatic rings. The summed E-state index contributed by atoms with van der Waals surface area (Å²) in [6.45, 7) is 0.702. The first kappa shape index (κ1) is 20.8. The number of rotatable bonds is 7. The molecule has 150 valence electrons. The van der Waals surface area contributed by atoms with E-state index in [1.807, 2.05) is 30.3 Å². The van der Waals surface area contributed by atoms with Crippen LogP contribution in [0.15, 0.2) is 54.6 Å². The summed E-state index contributed by atoms with van der Waals surface area (Å²) in [5.74, 6) is -0.452. The van der Waals surface area contributed by atoms with Crippen molar-refractivity contribution in [2.75, 3.05) is 24.2 Å². The molecule has 0 spiro atoms. The molecule has 0 aliphatic carbocycles. The van der Waals surface area contributed by atoms with Gasteiger partial charge in [0.25, 0.3) is 0 Å². The molecule has 7 heteroatoms. The minimum absolute atomic E-state index is 0.0980. The summed E-state index contributed by atoms with van der Waals surface area (Å²) < 4.78 is 26.9. The Labute approximate surface area is 171 Å². The molecule has 1 aliphatic heterocycles. The summed E-state index contributed by atoms with van der Waals surface area (Å²) in [7, 11) is -3.37. The number of aryl methyl sites for hydroxylation is 1. The SMILES string of the molecule is O=C(Nc1ccccc1Cl)[C@@H]1CCCN(S(=O)(=O)CCCc2ccccc2)C1. The van der Waals surface area contributed by atoms with E-state index in [-0.39, 0.29) is 24.1 Å². The molecule has 1 amide bonds. The zero-order valence-corrected chi connectivity index (χ0v) is 17.3. The third kappa shape index (κ3) is 5.56. The van der Waals surface area contributed by atoms with E-state index in [4.69, 9.17) is 11.6 Å². The van der Waals surface area contributed by atoms with E-state index in [9.17, 15) is 13.2 Å². The lowest BCUT2D eigenvalue weighted by Crippen LogP contribution is -2.44. The maximum Gasteiger partial charge on any atom is 0.228 e. The van der Waals surface area contributed by atoms with Crippen molar-refractivity contribution in [1.29, 1.82) is 0 Å². The van der Waals surface area contributed by atoms with Crippen LogP contribution in [0, 0.1) is 5.92 Å². The Morgan fingerprint density at radius 3 is 2.57 bits per heavy atom. The van der Waals surface area contributed by atoms with Gasteiger partial charge >= 0.3 is 0 Å². The minimum atomic E-state index is -3.37. The smallest absolute Gasteiger partial charge is 0.228 e. The number of halogens is 1. The lowest BCUT2D eigenvalue weighted by molar-refractivity contribution is -0.120. The average Bonchev–Trinajstić information content (AvgIpc) is 2.70. The maximum absolute atomic E-state index is 12.7. The molecule has 1 fully saturated rings. The number of piperidine rings is 1. The van der Waals surface area contributed by atoms with Crippen molar-refractivity contribution in [3.63, 3.8) is 0 Å². The van der Waals surface area contributed by atoms with Gasteiger partial charge in [0.15, 0.2) is 0 Å². The van der Waals surface area contributed by atoms with Crippen LogP contribution in [-0.2, 0) is 21.2 Å². The molecule has 3 rings (SSSR count). The number of para-hydroxylation sites is 1. The predicted octanol–water partition coefficient (Wildman–Crippen LogP) is 3.95. The largest absolute Gasteiger partial charge is 0.324 e. The van der Waals surface area contributed by atoms with Crippen LogP contribution in [0.2, 0.25) is 5.02 Å². The molecule has 0 radical (unpaired) electrons. The highest BCUT2D eigenvalue weighted by Gasteiger charge is 2.32. The molecular weight excluding hydrogens is 396 g/mol. The number of sulfonamides is 1. The van der Waals surface area contributed by atoms with E-state index in [0.29, 0.717) is 36.5 Å². The highest BCUT2D eigenvalue weighted by molar-refractivity contribution is 7.89. The number of carbonyl (C=O) groups is 1. The highest BCUT2D eigenvalue weighted by Crippen LogP contribution is 2.25. The summed E-state index contributed by atoms with van der Waals surface area (Å²) in [6, 6.07) is 16.9. The first-order valence-corrected chi connectivity index (χ1v) is 11.5. The van der Waals surface area contributed by atoms with Gasteiger partial charge < -0.3 is 5.32 Å². The fraction of sp³-hybridized carbons (Fsp3) is 0.381. The second kappa shape index (κ2) is 9.54. The van der Waals surface area contributed by atoms with Crippen LogP contribution in [0.5, 0.6) is 0 Å². The summed E-state index contributed by atoms with van der Waals surface area (Å²) in [5.41, 5.74) is 1.69. The molecule has 1 saturated heterocycles. The van der Waals surface area contributed by atoms with Crippen molar-refractivity contribution in [3.05, 3.63) is 65.2 Å². The topological polar surface area (TPSA) is 66.5 Å². The van der Waals surface area contributed by atoms with E-state index in [2.05, 4.69) is 5.32 Å². The van der Waals surface area contributed by atoms with E-state index >= 15 is 0 Å². The summed E-state index contributed by atoms with van der Waals surface area (Å²) in [4.78, 5) is 12.6. The molecule has 5 nitrogen and oxygen atoms in total. The second-order valence-electron chi connectivity index (χ2n) is 7.07.